The second kappa shape index (κ2) is 4.89. The highest BCUT2D eigenvalue weighted by atomic mass is 35.5. The molecule has 0 aliphatic rings. The van der Waals surface area contributed by atoms with Gasteiger partial charge >= 0.3 is 6.18 Å². The van der Waals surface area contributed by atoms with E-state index in [2.05, 4.69) is 0 Å². The summed E-state index contributed by atoms with van der Waals surface area (Å²) in [5.74, 6) is 0. The molecule has 8 heteroatoms. The third-order valence-electron chi connectivity index (χ3n) is 2.01. The van der Waals surface area contributed by atoms with E-state index in [9.17, 15) is 28.4 Å². The van der Waals surface area contributed by atoms with E-state index in [0.29, 0.717) is 12.1 Å². The van der Waals surface area contributed by atoms with Gasteiger partial charge in [-0.15, -0.1) is 0 Å². The Morgan fingerprint density at radius 1 is 1.47 bits per heavy atom. The number of aliphatic hydroxyl groups excluding tert-OH is 1. The van der Waals surface area contributed by atoms with Crippen LogP contribution in [0.5, 0.6) is 0 Å². The van der Waals surface area contributed by atoms with Gasteiger partial charge in [-0.25, -0.2) is 0 Å². The topological polar surface area (TPSA) is 63.4 Å². The summed E-state index contributed by atoms with van der Waals surface area (Å²) in [5, 5.41) is 19.1. The van der Waals surface area contributed by atoms with E-state index in [4.69, 9.17) is 11.6 Å². The molecule has 1 aromatic rings. The van der Waals surface area contributed by atoms with Crippen LogP contribution in [0.2, 0.25) is 5.02 Å². The van der Waals surface area contributed by atoms with Crippen LogP contribution in [0.15, 0.2) is 18.2 Å². The van der Waals surface area contributed by atoms with Gasteiger partial charge in [-0.3, -0.25) is 10.1 Å². The van der Waals surface area contributed by atoms with Gasteiger partial charge in [0.1, 0.15) is 6.10 Å². The average Bonchev–Trinajstić information content (AvgIpc) is 2.14. The molecule has 1 N–H and O–H groups in total. The monoisotopic (exact) mass is 269 g/mol. The zero-order valence-corrected chi connectivity index (χ0v) is 9.00. The van der Waals surface area contributed by atoms with Gasteiger partial charge in [-0.1, -0.05) is 17.7 Å². The SMILES string of the molecule is O=[N+]([O-])CC(O)c1ccc(C(F)(F)F)cc1Cl. The van der Waals surface area contributed by atoms with Crippen molar-refractivity contribution in [1.29, 1.82) is 0 Å². The molecule has 0 amide bonds. The van der Waals surface area contributed by atoms with E-state index < -0.39 is 29.3 Å². The van der Waals surface area contributed by atoms with Gasteiger partial charge in [0.25, 0.3) is 0 Å². The molecule has 0 radical (unpaired) electrons. The van der Waals surface area contributed by atoms with Crippen molar-refractivity contribution in [2.45, 2.75) is 12.3 Å². The van der Waals surface area contributed by atoms with Crippen LogP contribution in [0.4, 0.5) is 13.2 Å². The van der Waals surface area contributed by atoms with E-state index in [1.54, 1.807) is 0 Å². The van der Waals surface area contributed by atoms with Crippen LogP contribution in [0.1, 0.15) is 17.2 Å². The van der Waals surface area contributed by atoms with E-state index >= 15 is 0 Å². The highest BCUT2D eigenvalue weighted by Crippen LogP contribution is 2.33. The summed E-state index contributed by atoms with van der Waals surface area (Å²) in [4.78, 5) is 9.36. The molecule has 0 aliphatic carbocycles. The van der Waals surface area contributed by atoms with Gasteiger partial charge < -0.3 is 5.11 Å². The first-order chi connectivity index (χ1) is 7.71. The first-order valence-electron chi connectivity index (χ1n) is 4.38. The number of nitro groups is 1. The van der Waals surface area contributed by atoms with Crippen LogP contribution >= 0.6 is 11.6 Å². The molecular formula is C9H7ClF3NO3. The van der Waals surface area contributed by atoms with Crippen molar-refractivity contribution in [3.63, 3.8) is 0 Å². The second-order valence-electron chi connectivity index (χ2n) is 3.27. The Morgan fingerprint density at radius 3 is 2.47 bits per heavy atom. The summed E-state index contributed by atoms with van der Waals surface area (Å²) in [5.41, 5.74) is -1.07. The molecule has 0 aliphatic heterocycles. The summed E-state index contributed by atoms with van der Waals surface area (Å²) < 4.78 is 36.8. The standard InChI is InChI=1S/C9H7ClF3NO3/c10-7-3-5(9(11,12)13)1-2-6(7)8(15)4-14(16)17/h1-3,8,15H,4H2. The van der Waals surface area contributed by atoms with Crippen molar-refractivity contribution >= 4 is 11.6 Å². The fourth-order valence-electron chi connectivity index (χ4n) is 1.21. The second-order valence-corrected chi connectivity index (χ2v) is 3.67. The van der Waals surface area contributed by atoms with Crippen LogP contribution < -0.4 is 0 Å². The number of hydrogen-bond donors (Lipinski definition) is 1. The molecule has 1 aromatic carbocycles. The maximum Gasteiger partial charge on any atom is 0.416 e. The van der Waals surface area contributed by atoms with Crippen molar-refractivity contribution in [2.75, 3.05) is 6.54 Å². The van der Waals surface area contributed by atoms with Gasteiger partial charge in [-0.05, 0) is 12.1 Å². The lowest BCUT2D eigenvalue weighted by Gasteiger charge is -2.12. The molecule has 1 rings (SSSR count). The Balaban J connectivity index is 3.02. The third kappa shape index (κ3) is 3.57. The summed E-state index contributed by atoms with van der Waals surface area (Å²) in [7, 11) is 0. The molecule has 4 nitrogen and oxygen atoms in total. The fourth-order valence-corrected chi connectivity index (χ4v) is 1.52. The van der Waals surface area contributed by atoms with Crippen LogP contribution in [-0.2, 0) is 6.18 Å². The first kappa shape index (κ1) is 13.7. The number of alkyl halides is 3. The Labute approximate surface area is 98.8 Å². The molecule has 0 saturated heterocycles. The van der Waals surface area contributed by atoms with Crippen molar-refractivity contribution in [3.05, 3.63) is 44.5 Å². The molecule has 0 spiro atoms. The molecule has 0 aromatic heterocycles. The quantitative estimate of drug-likeness (QED) is 0.678. The Bertz CT molecular complexity index is 436. The van der Waals surface area contributed by atoms with Crippen LogP contribution in [0, 0.1) is 10.1 Å². The van der Waals surface area contributed by atoms with Crippen molar-refractivity contribution in [1.82, 2.24) is 0 Å². The molecular weight excluding hydrogens is 263 g/mol. The van der Waals surface area contributed by atoms with Crippen LogP contribution in [0.3, 0.4) is 0 Å². The fraction of sp³-hybridized carbons (Fsp3) is 0.333. The highest BCUT2D eigenvalue weighted by molar-refractivity contribution is 6.31. The zero-order valence-electron chi connectivity index (χ0n) is 8.24. The summed E-state index contributed by atoms with van der Waals surface area (Å²) in [6.07, 6.45) is -6.07. The number of aliphatic hydroxyl groups is 1. The lowest BCUT2D eigenvalue weighted by Crippen LogP contribution is -2.13. The molecule has 0 heterocycles. The minimum atomic E-state index is -4.55. The largest absolute Gasteiger partial charge is 0.416 e. The van der Waals surface area contributed by atoms with Gasteiger partial charge in [0.15, 0.2) is 0 Å². The number of nitrogens with zero attached hydrogens (tertiary/aromatic N) is 1. The smallest absolute Gasteiger partial charge is 0.381 e. The molecule has 0 fully saturated rings. The number of benzene rings is 1. The van der Waals surface area contributed by atoms with E-state index in [1.165, 1.54) is 0 Å². The van der Waals surface area contributed by atoms with E-state index in [0.717, 1.165) is 6.07 Å². The highest BCUT2D eigenvalue weighted by Gasteiger charge is 2.31. The maximum atomic E-state index is 12.3. The number of hydrogen-bond acceptors (Lipinski definition) is 3. The van der Waals surface area contributed by atoms with Crippen molar-refractivity contribution in [3.8, 4) is 0 Å². The Hall–Kier alpha value is -1.34. The Kier molecular flexibility index (Phi) is 3.94. The van der Waals surface area contributed by atoms with Crippen LogP contribution in [0.25, 0.3) is 0 Å². The van der Waals surface area contributed by atoms with Gasteiger partial charge in [0.2, 0.25) is 6.54 Å². The third-order valence-corrected chi connectivity index (χ3v) is 2.34. The summed E-state index contributed by atoms with van der Waals surface area (Å²) in [6.45, 7) is -0.814. The maximum absolute atomic E-state index is 12.3. The lowest BCUT2D eigenvalue weighted by molar-refractivity contribution is -0.491. The molecule has 0 bridgehead atoms. The summed E-state index contributed by atoms with van der Waals surface area (Å²) >= 11 is 5.53. The Morgan fingerprint density at radius 2 is 2.06 bits per heavy atom. The van der Waals surface area contributed by atoms with Gasteiger partial charge in [0, 0.05) is 15.5 Å². The van der Waals surface area contributed by atoms with Gasteiger partial charge in [-0.2, -0.15) is 13.2 Å². The predicted molar refractivity (Wildman–Crippen MR) is 53.3 cm³/mol. The molecule has 0 saturated carbocycles. The lowest BCUT2D eigenvalue weighted by atomic mass is 10.1. The average molecular weight is 270 g/mol. The molecule has 94 valence electrons. The van der Waals surface area contributed by atoms with Crippen molar-refractivity contribution in [2.24, 2.45) is 0 Å². The number of halogens is 4. The van der Waals surface area contributed by atoms with Crippen LogP contribution in [-0.4, -0.2) is 16.6 Å². The van der Waals surface area contributed by atoms with E-state index in [1.807, 2.05) is 0 Å². The predicted octanol–water partition coefficient (Wildman–Crippen LogP) is 2.67. The molecule has 1 atom stereocenters. The van der Waals surface area contributed by atoms with Crippen molar-refractivity contribution < 1.29 is 23.2 Å². The van der Waals surface area contributed by atoms with E-state index in [-0.39, 0.29) is 10.6 Å². The van der Waals surface area contributed by atoms with Gasteiger partial charge in [0.05, 0.1) is 5.56 Å². The normalized spacial score (nSPS) is 13.5. The summed E-state index contributed by atoms with van der Waals surface area (Å²) in [6, 6.07) is 2.27. The minimum absolute atomic E-state index is 0.101. The zero-order chi connectivity index (χ0) is 13.2. The molecule has 17 heavy (non-hydrogen) atoms. The minimum Gasteiger partial charge on any atom is -0.381 e. The molecule has 1 unspecified atom stereocenters. The number of rotatable bonds is 3. The first-order valence-corrected chi connectivity index (χ1v) is 4.76.